The molecule has 0 saturated carbocycles. The zero-order chi connectivity index (χ0) is 21.3. The molecule has 1 aliphatic rings. The topological polar surface area (TPSA) is 92.3 Å². The van der Waals surface area contributed by atoms with Crippen molar-refractivity contribution in [3.8, 4) is 0 Å². The van der Waals surface area contributed by atoms with Crippen LogP contribution in [0.1, 0.15) is 33.7 Å². The summed E-state index contributed by atoms with van der Waals surface area (Å²) in [5.41, 5.74) is 0.296. The molecule has 3 aromatic rings. The maximum absolute atomic E-state index is 13.3. The maximum Gasteiger partial charge on any atom is 0.286 e. The number of carbonyl (C=O) groups excluding carboxylic acids is 1. The number of anilines is 1. The fraction of sp³-hybridized carbons (Fsp3) is 0.211. The minimum atomic E-state index is -3.75. The number of nitrogens with zero attached hydrogens (tertiary/aromatic N) is 3. The minimum Gasteiger partial charge on any atom is -0.320 e. The van der Waals surface area contributed by atoms with Gasteiger partial charge in [-0.25, -0.2) is 12.8 Å². The average Bonchev–Trinajstić information content (AvgIpc) is 3.38. The zero-order valence-corrected chi connectivity index (χ0v) is 17.8. The Kier molecular flexibility index (Phi) is 5.83. The summed E-state index contributed by atoms with van der Waals surface area (Å²) in [7, 11) is -3.75. The molecule has 0 radical (unpaired) electrons. The lowest BCUT2D eigenvalue weighted by Gasteiger charge is -2.22. The van der Waals surface area contributed by atoms with E-state index in [4.69, 9.17) is 11.6 Å². The van der Waals surface area contributed by atoms with Crippen molar-refractivity contribution in [3.05, 3.63) is 69.4 Å². The SMILES string of the molecule is O=C(Nc1cccc(F)c1)c1nnc([C@H]2CCCN2S(=O)(=O)c2ccc(Cl)cc2)s1. The van der Waals surface area contributed by atoms with Crippen molar-refractivity contribution in [1.29, 1.82) is 0 Å². The van der Waals surface area contributed by atoms with Crippen LogP contribution in [-0.2, 0) is 10.0 Å². The van der Waals surface area contributed by atoms with Gasteiger partial charge in [-0.15, -0.1) is 10.2 Å². The second kappa shape index (κ2) is 8.38. The lowest BCUT2D eigenvalue weighted by molar-refractivity contribution is 0.102. The number of amides is 1. The Morgan fingerprint density at radius 3 is 2.70 bits per heavy atom. The first kappa shape index (κ1) is 20.9. The Morgan fingerprint density at radius 2 is 1.97 bits per heavy atom. The predicted octanol–water partition coefficient (Wildman–Crippen LogP) is 4.11. The van der Waals surface area contributed by atoms with Crippen LogP contribution in [0, 0.1) is 5.82 Å². The van der Waals surface area contributed by atoms with Crippen molar-refractivity contribution in [2.24, 2.45) is 0 Å². The summed E-state index contributed by atoms with van der Waals surface area (Å²) in [5.74, 6) is -1.01. The summed E-state index contributed by atoms with van der Waals surface area (Å²) in [4.78, 5) is 12.6. The molecule has 2 aromatic carbocycles. The molecule has 1 saturated heterocycles. The number of halogens is 2. The second-order valence-electron chi connectivity index (χ2n) is 6.64. The Balaban J connectivity index is 1.54. The number of hydrogen-bond acceptors (Lipinski definition) is 6. The molecule has 156 valence electrons. The van der Waals surface area contributed by atoms with E-state index in [0.717, 1.165) is 11.3 Å². The highest BCUT2D eigenvalue weighted by Crippen LogP contribution is 2.38. The highest BCUT2D eigenvalue weighted by atomic mass is 35.5. The third-order valence-corrected chi connectivity index (χ3v) is 7.82. The summed E-state index contributed by atoms with van der Waals surface area (Å²) in [6.45, 7) is 0.347. The first-order chi connectivity index (χ1) is 14.3. The second-order valence-corrected chi connectivity index (χ2v) is 9.97. The molecular weight excluding hydrogens is 451 g/mol. The van der Waals surface area contributed by atoms with Gasteiger partial charge in [0.15, 0.2) is 0 Å². The Morgan fingerprint density at radius 1 is 1.20 bits per heavy atom. The molecule has 11 heteroatoms. The van der Waals surface area contributed by atoms with Gasteiger partial charge in [-0.2, -0.15) is 4.31 Å². The number of carbonyl (C=O) groups is 1. The van der Waals surface area contributed by atoms with E-state index in [1.165, 1.54) is 46.8 Å². The number of benzene rings is 2. The molecule has 1 N–H and O–H groups in total. The summed E-state index contributed by atoms with van der Waals surface area (Å²) in [6, 6.07) is 11.0. The fourth-order valence-corrected chi connectivity index (χ4v) is 5.97. The van der Waals surface area contributed by atoms with Crippen molar-refractivity contribution in [1.82, 2.24) is 14.5 Å². The van der Waals surface area contributed by atoms with Crippen LogP contribution in [0.5, 0.6) is 0 Å². The van der Waals surface area contributed by atoms with Gasteiger partial charge in [0, 0.05) is 17.3 Å². The van der Waals surface area contributed by atoms with Crippen LogP contribution in [0.4, 0.5) is 10.1 Å². The Labute approximate surface area is 181 Å². The number of rotatable bonds is 5. The van der Waals surface area contributed by atoms with Gasteiger partial charge in [-0.05, 0) is 55.3 Å². The average molecular weight is 467 g/mol. The molecule has 1 aromatic heterocycles. The van der Waals surface area contributed by atoms with Crippen molar-refractivity contribution in [2.45, 2.75) is 23.8 Å². The van der Waals surface area contributed by atoms with E-state index in [2.05, 4.69) is 15.5 Å². The van der Waals surface area contributed by atoms with Crippen LogP contribution in [0.3, 0.4) is 0 Å². The van der Waals surface area contributed by atoms with E-state index < -0.39 is 27.8 Å². The van der Waals surface area contributed by atoms with Crippen molar-refractivity contribution < 1.29 is 17.6 Å². The van der Waals surface area contributed by atoms with E-state index in [0.29, 0.717) is 35.1 Å². The summed E-state index contributed by atoms with van der Waals surface area (Å²) >= 11 is 6.89. The van der Waals surface area contributed by atoms with Gasteiger partial charge in [0.05, 0.1) is 10.9 Å². The van der Waals surface area contributed by atoms with E-state index in [1.54, 1.807) is 6.07 Å². The first-order valence-electron chi connectivity index (χ1n) is 9.02. The van der Waals surface area contributed by atoms with E-state index in [9.17, 15) is 17.6 Å². The largest absolute Gasteiger partial charge is 0.320 e. The highest BCUT2D eigenvalue weighted by molar-refractivity contribution is 7.89. The van der Waals surface area contributed by atoms with Crippen molar-refractivity contribution in [3.63, 3.8) is 0 Å². The van der Waals surface area contributed by atoms with Gasteiger partial charge in [-0.1, -0.05) is 29.0 Å². The minimum absolute atomic E-state index is 0.0741. The van der Waals surface area contributed by atoms with E-state index >= 15 is 0 Å². The fourth-order valence-electron chi connectivity index (χ4n) is 3.23. The quantitative estimate of drug-likeness (QED) is 0.611. The molecular formula is C19H16ClFN4O3S2. The molecule has 0 spiro atoms. The zero-order valence-electron chi connectivity index (χ0n) is 15.5. The molecule has 2 heterocycles. The first-order valence-corrected chi connectivity index (χ1v) is 11.7. The van der Waals surface area contributed by atoms with Gasteiger partial charge in [0.2, 0.25) is 15.0 Å². The summed E-state index contributed by atoms with van der Waals surface area (Å²) in [5, 5.41) is 11.5. The molecule has 4 rings (SSSR count). The summed E-state index contributed by atoms with van der Waals surface area (Å²) in [6.07, 6.45) is 1.24. The standard InChI is InChI=1S/C19H16ClFN4O3S2/c20-12-6-8-15(9-7-12)30(27,28)25-10-2-5-16(25)18-23-24-19(29-18)17(26)22-14-4-1-3-13(21)11-14/h1,3-4,6-9,11,16H,2,5,10H2,(H,22,26)/t16-/m1/s1. The molecule has 0 bridgehead atoms. The van der Waals surface area contributed by atoms with Crippen LogP contribution >= 0.6 is 22.9 Å². The van der Waals surface area contributed by atoms with Gasteiger partial charge < -0.3 is 5.32 Å². The molecule has 1 fully saturated rings. The Hall–Kier alpha value is -2.40. The molecule has 0 aliphatic carbocycles. The van der Waals surface area contributed by atoms with Gasteiger partial charge in [0.25, 0.3) is 5.91 Å². The lowest BCUT2D eigenvalue weighted by atomic mass is 10.2. The monoisotopic (exact) mass is 466 g/mol. The van der Waals surface area contributed by atoms with E-state index in [-0.39, 0.29) is 9.90 Å². The Bertz CT molecular complexity index is 1180. The molecule has 0 unspecified atom stereocenters. The van der Waals surface area contributed by atoms with Gasteiger partial charge in [0.1, 0.15) is 10.8 Å². The molecule has 1 atom stereocenters. The molecule has 30 heavy (non-hydrogen) atoms. The van der Waals surface area contributed by atoms with Gasteiger partial charge >= 0.3 is 0 Å². The van der Waals surface area contributed by atoms with Crippen LogP contribution in [0.25, 0.3) is 0 Å². The van der Waals surface area contributed by atoms with Gasteiger partial charge in [-0.3, -0.25) is 4.79 Å². The number of sulfonamides is 1. The molecule has 1 amide bonds. The van der Waals surface area contributed by atoms with Crippen LogP contribution in [-0.4, -0.2) is 35.4 Å². The van der Waals surface area contributed by atoms with Crippen LogP contribution in [0.2, 0.25) is 5.02 Å². The summed E-state index contributed by atoms with van der Waals surface area (Å²) < 4.78 is 40.8. The predicted molar refractivity (Wildman–Crippen MR) is 112 cm³/mol. The third-order valence-electron chi connectivity index (χ3n) is 4.63. The van der Waals surface area contributed by atoms with Crippen LogP contribution in [0.15, 0.2) is 53.4 Å². The highest BCUT2D eigenvalue weighted by Gasteiger charge is 2.38. The smallest absolute Gasteiger partial charge is 0.286 e. The maximum atomic E-state index is 13.3. The van der Waals surface area contributed by atoms with Crippen molar-refractivity contribution >= 4 is 44.6 Å². The normalized spacial score (nSPS) is 17.2. The van der Waals surface area contributed by atoms with Crippen LogP contribution < -0.4 is 5.32 Å². The molecule has 7 nitrogen and oxygen atoms in total. The number of hydrogen-bond donors (Lipinski definition) is 1. The third kappa shape index (κ3) is 4.22. The number of aromatic nitrogens is 2. The number of nitrogens with one attached hydrogen (secondary N) is 1. The van der Waals surface area contributed by atoms with E-state index in [1.807, 2.05) is 0 Å². The molecule has 1 aliphatic heterocycles. The lowest BCUT2D eigenvalue weighted by Crippen LogP contribution is -2.30. The van der Waals surface area contributed by atoms with Crippen molar-refractivity contribution in [2.75, 3.05) is 11.9 Å².